The molecule has 2 N–H and O–H groups in total. The Morgan fingerprint density at radius 2 is 2.00 bits per heavy atom. The fourth-order valence-electron chi connectivity index (χ4n) is 2.41. The van der Waals surface area contributed by atoms with E-state index in [9.17, 15) is 8.42 Å². The standard InChI is InChI=1S/C12H18N2O2S/c1-12(2)8-14(17(3,15)16)7-9-6-10(13)4-5-11(9)12/h4-6H,7-8,13H2,1-3H3. The number of sulfonamides is 1. The van der Waals surface area contributed by atoms with Crippen LogP contribution in [0.15, 0.2) is 18.2 Å². The summed E-state index contributed by atoms with van der Waals surface area (Å²) in [5.74, 6) is 0. The van der Waals surface area contributed by atoms with Gasteiger partial charge in [-0.3, -0.25) is 0 Å². The van der Waals surface area contributed by atoms with E-state index in [1.165, 1.54) is 16.1 Å². The van der Waals surface area contributed by atoms with Gasteiger partial charge in [0.05, 0.1) is 6.26 Å². The topological polar surface area (TPSA) is 63.4 Å². The third kappa shape index (κ3) is 2.30. The Labute approximate surface area is 102 Å². The Kier molecular flexibility index (Phi) is 2.71. The highest BCUT2D eigenvalue weighted by Gasteiger charge is 2.35. The maximum Gasteiger partial charge on any atom is 0.211 e. The van der Waals surface area contributed by atoms with Gasteiger partial charge < -0.3 is 5.73 Å². The summed E-state index contributed by atoms with van der Waals surface area (Å²) in [4.78, 5) is 0. The van der Waals surface area contributed by atoms with Gasteiger partial charge in [-0.2, -0.15) is 4.31 Å². The Bertz CT molecular complexity index is 550. The number of anilines is 1. The van der Waals surface area contributed by atoms with E-state index in [1.54, 1.807) is 0 Å². The van der Waals surface area contributed by atoms with Crippen molar-refractivity contribution < 1.29 is 8.42 Å². The summed E-state index contributed by atoms with van der Waals surface area (Å²) >= 11 is 0. The van der Waals surface area contributed by atoms with Gasteiger partial charge in [-0.25, -0.2) is 8.42 Å². The van der Waals surface area contributed by atoms with Gasteiger partial charge in [0.2, 0.25) is 10.0 Å². The lowest BCUT2D eigenvalue weighted by atomic mass is 9.79. The minimum absolute atomic E-state index is 0.176. The molecule has 0 unspecified atom stereocenters. The molecule has 5 heteroatoms. The molecule has 0 atom stereocenters. The molecule has 17 heavy (non-hydrogen) atoms. The minimum Gasteiger partial charge on any atom is -0.399 e. The normalized spacial score (nSPS) is 19.9. The van der Waals surface area contributed by atoms with Crippen molar-refractivity contribution in [2.24, 2.45) is 0 Å². The highest BCUT2D eigenvalue weighted by Crippen LogP contribution is 2.35. The summed E-state index contributed by atoms with van der Waals surface area (Å²) in [6.45, 7) is 5.05. The second-order valence-corrected chi connectivity index (χ2v) is 7.31. The molecule has 1 heterocycles. The van der Waals surface area contributed by atoms with E-state index in [1.807, 2.05) is 18.2 Å². The van der Waals surface area contributed by atoms with Crippen LogP contribution < -0.4 is 5.73 Å². The SMILES string of the molecule is CC1(C)CN(S(C)(=O)=O)Cc2cc(N)ccc21. The van der Waals surface area contributed by atoms with E-state index in [4.69, 9.17) is 5.73 Å². The molecule has 0 radical (unpaired) electrons. The van der Waals surface area contributed by atoms with Gasteiger partial charge >= 0.3 is 0 Å². The molecule has 0 spiro atoms. The number of hydrogen-bond acceptors (Lipinski definition) is 3. The van der Waals surface area contributed by atoms with Crippen LogP contribution in [0.25, 0.3) is 0 Å². The predicted molar refractivity (Wildman–Crippen MR) is 69.1 cm³/mol. The lowest BCUT2D eigenvalue weighted by Gasteiger charge is -2.38. The second-order valence-electron chi connectivity index (χ2n) is 5.33. The number of nitrogens with two attached hydrogens (primary N) is 1. The summed E-state index contributed by atoms with van der Waals surface area (Å²) < 4.78 is 24.8. The molecule has 0 saturated heterocycles. The number of hydrogen-bond donors (Lipinski definition) is 1. The highest BCUT2D eigenvalue weighted by molar-refractivity contribution is 7.88. The lowest BCUT2D eigenvalue weighted by molar-refractivity contribution is 0.302. The molecule has 0 fully saturated rings. The summed E-state index contributed by atoms with van der Waals surface area (Å²) in [6, 6.07) is 5.75. The van der Waals surface area contributed by atoms with Crippen molar-refractivity contribution in [1.29, 1.82) is 0 Å². The van der Waals surface area contributed by atoms with Crippen molar-refractivity contribution >= 4 is 15.7 Å². The second kappa shape index (κ2) is 3.71. The average molecular weight is 254 g/mol. The van der Waals surface area contributed by atoms with Gasteiger partial charge in [0, 0.05) is 24.2 Å². The zero-order chi connectivity index (χ0) is 12.8. The quantitative estimate of drug-likeness (QED) is 0.769. The van der Waals surface area contributed by atoms with Crippen LogP contribution in [0.2, 0.25) is 0 Å². The van der Waals surface area contributed by atoms with Crippen molar-refractivity contribution in [3.8, 4) is 0 Å². The first-order valence-corrected chi connectivity index (χ1v) is 7.39. The van der Waals surface area contributed by atoms with Crippen LogP contribution in [-0.2, 0) is 22.0 Å². The third-order valence-corrected chi connectivity index (χ3v) is 4.44. The van der Waals surface area contributed by atoms with Crippen molar-refractivity contribution in [2.45, 2.75) is 25.8 Å². The molecule has 1 aromatic rings. The fraction of sp³-hybridized carbons (Fsp3) is 0.500. The van der Waals surface area contributed by atoms with Crippen LogP contribution in [0.3, 0.4) is 0 Å². The van der Waals surface area contributed by atoms with Crippen molar-refractivity contribution in [2.75, 3.05) is 18.5 Å². The number of fused-ring (bicyclic) bond motifs is 1. The highest BCUT2D eigenvalue weighted by atomic mass is 32.2. The molecule has 0 aromatic heterocycles. The summed E-state index contributed by atoms with van der Waals surface area (Å²) in [5.41, 5.74) is 8.45. The van der Waals surface area contributed by atoms with Crippen LogP contribution in [-0.4, -0.2) is 25.5 Å². The first kappa shape index (κ1) is 12.4. The molecule has 0 bridgehead atoms. The van der Waals surface area contributed by atoms with E-state index in [0.29, 0.717) is 18.8 Å². The van der Waals surface area contributed by atoms with E-state index < -0.39 is 10.0 Å². The number of nitrogens with zero attached hydrogens (tertiary/aromatic N) is 1. The molecule has 2 rings (SSSR count). The zero-order valence-electron chi connectivity index (χ0n) is 10.4. The van der Waals surface area contributed by atoms with E-state index >= 15 is 0 Å². The molecule has 0 aliphatic carbocycles. The Morgan fingerprint density at radius 1 is 1.35 bits per heavy atom. The number of rotatable bonds is 1. The molecular weight excluding hydrogens is 236 g/mol. The van der Waals surface area contributed by atoms with E-state index in [2.05, 4.69) is 13.8 Å². The van der Waals surface area contributed by atoms with Gasteiger partial charge in [0.1, 0.15) is 0 Å². The molecule has 0 amide bonds. The van der Waals surface area contributed by atoms with Crippen LogP contribution in [0.4, 0.5) is 5.69 Å². The Balaban J connectivity index is 2.52. The van der Waals surface area contributed by atoms with E-state index in [-0.39, 0.29) is 5.41 Å². The first-order chi connectivity index (χ1) is 7.70. The third-order valence-electron chi connectivity index (χ3n) is 3.25. The van der Waals surface area contributed by atoms with Crippen molar-refractivity contribution in [3.63, 3.8) is 0 Å². The molecular formula is C12H18N2O2S. The van der Waals surface area contributed by atoms with Crippen molar-refractivity contribution in [1.82, 2.24) is 4.31 Å². The number of benzene rings is 1. The van der Waals surface area contributed by atoms with Gasteiger partial charge in [-0.15, -0.1) is 0 Å². The van der Waals surface area contributed by atoms with Gasteiger partial charge in [0.15, 0.2) is 0 Å². The summed E-state index contributed by atoms with van der Waals surface area (Å²) in [6.07, 6.45) is 1.25. The maximum atomic E-state index is 11.7. The lowest BCUT2D eigenvalue weighted by Crippen LogP contribution is -2.44. The molecule has 1 aliphatic rings. The van der Waals surface area contributed by atoms with Gasteiger partial charge in [0.25, 0.3) is 0 Å². The Morgan fingerprint density at radius 3 is 2.59 bits per heavy atom. The molecule has 94 valence electrons. The monoisotopic (exact) mass is 254 g/mol. The molecule has 4 nitrogen and oxygen atoms in total. The van der Waals surface area contributed by atoms with Crippen LogP contribution in [0, 0.1) is 0 Å². The Hall–Kier alpha value is -1.07. The van der Waals surface area contributed by atoms with Crippen molar-refractivity contribution in [3.05, 3.63) is 29.3 Å². The maximum absolute atomic E-state index is 11.7. The van der Waals surface area contributed by atoms with Crippen LogP contribution in [0.5, 0.6) is 0 Å². The average Bonchev–Trinajstić information content (AvgIpc) is 2.13. The van der Waals surface area contributed by atoms with E-state index in [0.717, 1.165) is 5.56 Å². The number of nitrogen functional groups attached to an aromatic ring is 1. The van der Waals surface area contributed by atoms with Gasteiger partial charge in [-0.05, 0) is 23.3 Å². The molecule has 0 saturated carbocycles. The molecule has 1 aromatic carbocycles. The summed E-state index contributed by atoms with van der Waals surface area (Å²) in [7, 11) is -3.16. The van der Waals surface area contributed by atoms with Gasteiger partial charge in [-0.1, -0.05) is 19.9 Å². The van der Waals surface area contributed by atoms with Crippen LogP contribution in [0.1, 0.15) is 25.0 Å². The zero-order valence-corrected chi connectivity index (χ0v) is 11.2. The van der Waals surface area contributed by atoms with Crippen LogP contribution >= 0.6 is 0 Å². The predicted octanol–water partition coefficient (Wildman–Crippen LogP) is 1.32. The molecule has 1 aliphatic heterocycles. The first-order valence-electron chi connectivity index (χ1n) is 5.54. The largest absolute Gasteiger partial charge is 0.399 e. The summed E-state index contributed by atoms with van der Waals surface area (Å²) in [5, 5.41) is 0. The smallest absolute Gasteiger partial charge is 0.211 e. The minimum atomic E-state index is -3.16. The fourth-order valence-corrected chi connectivity index (χ4v) is 3.34.